The molecule has 0 bridgehead atoms. The van der Waals surface area contributed by atoms with Gasteiger partial charge in [0.05, 0.1) is 17.4 Å². The quantitative estimate of drug-likeness (QED) is 0.716. The highest BCUT2D eigenvalue weighted by atomic mass is 16.6. The fourth-order valence-corrected chi connectivity index (χ4v) is 3.59. The Morgan fingerprint density at radius 2 is 1.83 bits per heavy atom. The van der Waals surface area contributed by atoms with Crippen molar-refractivity contribution in [2.75, 3.05) is 13.2 Å². The Kier molecular flexibility index (Phi) is 4.46. The molecule has 0 spiro atoms. The normalized spacial score (nSPS) is 16.3. The molecule has 0 radical (unpaired) electrons. The van der Waals surface area contributed by atoms with Gasteiger partial charge in [0.25, 0.3) is 5.91 Å². The third kappa shape index (κ3) is 3.58. The van der Waals surface area contributed by atoms with Gasteiger partial charge in [0.15, 0.2) is 11.5 Å². The molecule has 29 heavy (non-hydrogen) atoms. The molecule has 0 saturated heterocycles. The Balaban J connectivity index is 1.40. The van der Waals surface area contributed by atoms with Crippen molar-refractivity contribution in [1.29, 1.82) is 0 Å². The van der Waals surface area contributed by atoms with Gasteiger partial charge in [0.1, 0.15) is 18.9 Å². The lowest BCUT2D eigenvalue weighted by Gasteiger charge is -2.21. The second-order valence-corrected chi connectivity index (χ2v) is 7.57. The lowest BCUT2D eigenvalue weighted by atomic mass is 10.1. The highest BCUT2D eigenvalue weighted by molar-refractivity contribution is 5.93. The molecule has 1 amide bonds. The average molecular weight is 389 g/mol. The van der Waals surface area contributed by atoms with Gasteiger partial charge >= 0.3 is 0 Å². The highest BCUT2D eigenvalue weighted by Crippen LogP contribution is 2.40. The molecule has 3 aromatic rings. The van der Waals surface area contributed by atoms with Crippen LogP contribution in [0.5, 0.6) is 11.5 Å². The van der Waals surface area contributed by atoms with Gasteiger partial charge < -0.3 is 14.8 Å². The number of ether oxygens (including phenoxy) is 2. The molecule has 6 heteroatoms. The number of hydrogen-bond acceptors (Lipinski definition) is 4. The second-order valence-electron chi connectivity index (χ2n) is 7.57. The van der Waals surface area contributed by atoms with Crippen molar-refractivity contribution < 1.29 is 14.3 Å². The summed E-state index contributed by atoms with van der Waals surface area (Å²) >= 11 is 0. The van der Waals surface area contributed by atoms with Crippen molar-refractivity contribution in [2.24, 2.45) is 0 Å². The van der Waals surface area contributed by atoms with Crippen LogP contribution in [0.15, 0.2) is 54.6 Å². The summed E-state index contributed by atoms with van der Waals surface area (Å²) in [5, 5.41) is 7.83. The number of amides is 1. The molecule has 1 saturated carbocycles. The minimum Gasteiger partial charge on any atom is -0.486 e. The van der Waals surface area contributed by atoms with E-state index < -0.39 is 0 Å². The largest absolute Gasteiger partial charge is 0.486 e. The van der Waals surface area contributed by atoms with E-state index in [0.29, 0.717) is 24.8 Å². The molecule has 148 valence electrons. The highest BCUT2D eigenvalue weighted by Gasteiger charge is 2.29. The first-order valence-electron chi connectivity index (χ1n) is 10.0. The number of carbonyl (C=O) groups excluding carboxylic acids is 1. The third-order valence-corrected chi connectivity index (χ3v) is 5.37. The van der Waals surface area contributed by atoms with E-state index in [1.807, 2.05) is 61.5 Å². The molecule has 1 aliphatic heterocycles. The van der Waals surface area contributed by atoms with Crippen LogP contribution < -0.4 is 14.8 Å². The minimum atomic E-state index is -0.179. The van der Waals surface area contributed by atoms with E-state index >= 15 is 0 Å². The van der Waals surface area contributed by atoms with E-state index in [4.69, 9.17) is 14.6 Å². The standard InChI is InChI=1S/C23H23N3O3/c1-15(17-9-10-21-22(13-17)29-12-11-28-21)24-23(27)20-14-19(16-7-8-16)25-26(20)18-5-3-2-4-6-18/h2-6,9-10,13-16H,7-8,11-12H2,1H3,(H,24,27)/t15-/m1/s1. The van der Waals surface area contributed by atoms with Crippen LogP contribution >= 0.6 is 0 Å². The van der Waals surface area contributed by atoms with E-state index in [9.17, 15) is 4.79 Å². The lowest BCUT2D eigenvalue weighted by Crippen LogP contribution is -2.28. The van der Waals surface area contributed by atoms with Crippen molar-refractivity contribution in [3.05, 3.63) is 71.5 Å². The zero-order chi connectivity index (χ0) is 19.8. The van der Waals surface area contributed by atoms with Crippen LogP contribution in [-0.4, -0.2) is 28.9 Å². The molecule has 1 atom stereocenters. The molecule has 1 fully saturated rings. The molecule has 2 aliphatic rings. The molecule has 2 aromatic carbocycles. The van der Waals surface area contributed by atoms with E-state index in [-0.39, 0.29) is 11.9 Å². The summed E-state index contributed by atoms with van der Waals surface area (Å²) < 4.78 is 13.0. The number of aromatic nitrogens is 2. The van der Waals surface area contributed by atoms with Gasteiger partial charge in [-0.25, -0.2) is 4.68 Å². The van der Waals surface area contributed by atoms with Gasteiger partial charge in [-0.15, -0.1) is 0 Å². The predicted molar refractivity (Wildman–Crippen MR) is 109 cm³/mol. The lowest BCUT2D eigenvalue weighted by molar-refractivity contribution is 0.0932. The monoisotopic (exact) mass is 389 g/mol. The summed E-state index contributed by atoms with van der Waals surface area (Å²) in [5.41, 5.74) is 3.40. The van der Waals surface area contributed by atoms with Crippen LogP contribution in [0.1, 0.15) is 53.5 Å². The topological polar surface area (TPSA) is 65.4 Å². The van der Waals surface area contributed by atoms with Crippen LogP contribution in [0.25, 0.3) is 5.69 Å². The van der Waals surface area contributed by atoms with Crippen molar-refractivity contribution in [1.82, 2.24) is 15.1 Å². The number of benzene rings is 2. The summed E-state index contributed by atoms with van der Waals surface area (Å²) in [6.07, 6.45) is 2.28. The number of hydrogen-bond donors (Lipinski definition) is 1. The maximum atomic E-state index is 13.1. The smallest absolute Gasteiger partial charge is 0.270 e. The van der Waals surface area contributed by atoms with Crippen molar-refractivity contribution in [3.8, 4) is 17.2 Å². The predicted octanol–water partition coefficient (Wildman–Crippen LogP) is 4.01. The summed E-state index contributed by atoms with van der Waals surface area (Å²) in [5.74, 6) is 1.80. The van der Waals surface area contributed by atoms with Crippen LogP contribution in [0.2, 0.25) is 0 Å². The Labute approximate surface area is 169 Å². The van der Waals surface area contributed by atoms with Gasteiger partial charge in [-0.1, -0.05) is 24.3 Å². The number of rotatable bonds is 5. The first-order chi connectivity index (χ1) is 14.2. The number of para-hydroxylation sites is 1. The maximum Gasteiger partial charge on any atom is 0.270 e. The summed E-state index contributed by atoms with van der Waals surface area (Å²) in [7, 11) is 0. The van der Waals surface area contributed by atoms with Crippen LogP contribution in [0.3, 0.4) is 0 Å². The van der Waals surface area contributed by atoms with Gasteiger partial charge in [0.2, 0.25) is 0 Å². The number of carbonyl (C=O) groups is 1. The molecule has 1 N–H and O–H groups in total. The number of nitrogens with zero attached hydrogens (tertiary/aromatic N) is 2. The van der Waals surface area contributed by atoms with E-state index in [0.717, 1.165) is 41.3 Å². The summed E-state index contributed by atoms with van der Waals surface area (Å²) in [4.78, 5) is 13.1. The van der Waals surface area contributed by atoms with Crippen molar-refractivity contribution >= 4 is 5.91 Å². The zero-order valence-electron chi connectivity index (χ0n) is 16.3. The van der Waals surface area contributed by atoms with E-state index in [1.165, 1.54) is 0 Å². The molecule has 1 aromatic heterocycles. The fourth-order valence-electron chi connectivity index (χ4n) is 3.59. The van der Waals surface area contributed by atoms with E-state index in [2.05, 4.69) is 5.32 Å². The molecule has 5 rings (SSSR count). The van der Waals surface area contributed by atoms with Crippen LogP contribution in [0, 0.1) is 0 Å². The Bertz CT molecular complexity index is 1040. The second kappa shape index (κ2) is 7.28. The van der Waals surface area contributed by atoms with Crippen LogP contribution in [0.4, 0.5) is 0 Å². The zero-order valence-corrected chi connectivity index (χ0v) is 16.3. The van der Waals surface area contributed by atoms with Crippen LogP contribution in [-0.2, 0) is 0 Å². The molecular weight excluding hydrogens is 366 g/mol. The SMILES string of the molecule is C[C@@H](NC(=O)c1cc(C2CC2)nn1-c1ccccc1)c1ccc2c(c1)OCCO2. The summed E-state index contributed by atoms with van der Waals surface area (Å²) in [6, 6.07) is 17.3. The van der Waals surface area contributed by atoms with Crippen molar-refractivity contribution in [2.45, 2.75) is 31.7 Å². The van der Waals surface area contributed by atoms with Gasteiger partial charge in [0, 0.05) is 5.92 Å². The van der Waals surface area contributed by atoms with Gasteiger partial charge in [-0.3, -0.25) is 4.79 Å². The fraction of sp³-hybridized carbons (Fsp3) is 0.304. The van der Waals surface area contributed by atoms with Gasteiger partial charge in [-0.05, 0) is 55.7 Å². The Morgan fingerprint density at radius 3 is 2.59 bits per heavy atom. The molecule has 1 aliphatic carbocycles. The first-order valence-corrected chi connectivity index (χ1v) is 10.0. The molecular formula is C23H23N3O3. The van der Waals surface area contributed by atoms with E-state index in [1.54, 1.807) is 4.68 Å². The molecule has 0 unspecified atom stereocenters. The Morgan fingerprint density at radius 1 is 1.07 bits per heavy atom. The van der Waals surface area contributed by atoms with Gasteiger partial charge in [-0.2, -0.15) is 5.10 Å². The first kappa shape index (κ1) is 17.8. The number of nitrogens with one attached hydrogen (secondary N) is 1. The van der Waals surface area contributed by atoms with Crippen molar-refractivity contribution in [3.63, 3.8) is 0 Å². The average Bonchev–Trinajstić information content (AvgIpc) is 3.52. The molecule has 2 heterocycles. The maximum absolute atomic E-state index is 13.1. The summed E-state index contributed by atoms with van der Waals surface area (Å²) in [6.45, 7) is 3.07. The molecule has 6 nitrogen and oxygen atoms in total. The Hall–Kier alpha value is -3.28. The third-order valence-electron chi connectivity index (χ3n) is 5.37. The minimum absolute atomic E-state index is 0.143. The number of fused-ring (bicyclic) bond motifs is 1.